The summed E-state index contributed by atoms with van der Waals surface area (Å²) in [5.74, 6) is 0. The Bertz CT molecular complexity index is 191. The van der Waals surface area contributed by atoms with Crippen molar-refractivity contribution in [3.8, 4) is 0 Å². The van der Waals surface area contributed by atoms with Gasteiger partial charge in [-0.25, -0.2) is 0 Å². The van der Waals surface area contributed by atoms with E-state index in [2.05, 4.69) is 96.4 Å². The lowest BCUT2D eigenvalue weighted by Crippen LogP contribution is -1.89. The molecule has 0 aromatic rings. The molecule has 0 nitrogen and oxygen atoms in total. The van der Waals surface area contributed by atoms with Crippen molar-refractivity contribution in [1.82, 2.24) is 0 Å². The van der Waals surface area contributed by atoms with Gasteiger partial charge in [-0.1, -0.05) is 22.6 Å². The summed E-state index contributed by atoms with van der Waals surface area (Å²) in [7, 11) is 0. The lowest BCUT2D eigenvalue weighted by atomic mass is 10.5. The van der Waals surface area contributed by atoms with E-state index in [1.54, 1.807) is 0 Å². The summed E-state index contributed by atoms with van der Waals surface area (Å²) in [5, 5.41) is 0. The largest absolute Gasteiger partial charge is 0.0734 e. The van der Waals surface area contributed by atoms with Crippen molar-refractivity contribution in [2.24, 2.45) is 0 Å². The van der Waals surface area contributed by atoms with Crippen molar-refractivity contribution in [1.29, 1.82) is 0 Å². The lowest BCUT2D eigenvalue weighted by molar-refractivity contribution is 1.51. The second kappa shape index (κ2) is 3.87. The highest BCUT2D eigenvalue weighted by atomic mass is 127. The number of halogens is 4. The van der Waals surface area contributed by atoms with Gasteiger partial charge in [-0.3, -0.25) is 0 Å². The van der Waals surface area contributed by atoms with Crippen LogP contribution in [0.5, 0.6) is 0 Å². The molecule has 1 aliphatic rings. The standard InChI is InChI=1S/C5H2I4/c6-2-1-3(7)5(9)4(2)8/h1,4H. The van der Waals surface area contributed by atoms with E-state index in [0.717, 1.165) is 0 Å². The molecule has 0 aliphatic heterocycles. The molecular weight excluding hydrogens is 568 g/mol. The van der Waals surface area contributed by atoms with Gasteiger partial charge in [-0.05, 0) is 73.8 Å². The molecule has 0 bridgehead atoms. The van der Waals surface area contributed by atoms with Gasteiger partial charge in [0.25, 0.3) is 0 Å². The van der Waals surface area contributed by atoms with Crippen molar-refractivity contribution in [2.45, 2.75) is 3.92 Å². The molecule has 0 saturated carbocycles. The molecule has 1 aliphatic carbocycles. The van der Waals surface area contributed by atoms with Crippen molar-refractivity contribution < 1.29 is 0 Å². The zero-order valence-electron chi connectivity index (χ0n) is 4.17. The summed E-state index contributed by atoms with van der Waals surface area (Å²) in [6.07, 6.45) is 2.24. The number of alkyl halides is 1. The minimum absolute atomic E-state index is 0.635. The molecule has 0 saturated heterocycles. The summed E-state index contributed by atoms with van der Waals surface area (Å²) in [6.45, 7) is 0. The molecule has 0 fully saturated rings. The molecule has 1 unspecified atom stereocenters. The van der Waals surface area contributed by atoms with E-state index in [1.165, 1.54) is 10.7 Å². The quantitative estimate of drug-likeness (QED) is 0.303. The van der Waals surface area contributed by atoms with E-state index >= 15 is 0 Å². The van der Waals surface area contributed by atoms with Crippen molar-refractivity contribution >= 4 is 90.4 Å². The molecule has 1 atom stereocenters. The first kappa shape index (κ1) is 9.49. The van der Waals surface area contributed by atoms with Crippen LogP contribution in [0.2, 0.25) is 0 Å². The molecule has 0 aromatic heterocycles. The zero-order valence-corrected chi connectivity index (χ0v) is 12.8. The molecule has 0 aromatic carbocycles. The molecule has 0 heterocycles. The first-order valence-electron chi connectivity index (χ1n) is 2.19. The van der Waals surface area contributed by atoms with E-state index in [9.17, 15) is 0 Å². The summed E-state index contributed by atoms with van der Waals surface area (Å²) in [5.41, 5.74) is 0. The predicted octanol–water partition coefficient (Wildman–Crippen LogP) is 4.20. The van der Waals surface area contributed by atoms with Crippen LogP contribution < -0.4 is 0 Å². The Morgan fingerprint density at radius 2 is 1.78 bits per heavy atom. The third kappa shape index (κ3) is 2.17. The highest BCUT2D eigenvalue weighted by Gasteiger charge is 2.19. The zero-order chi connectivity index (χ0) is 7.02. The molecule has 1 rings (SSSR count). The fourth-order valence-corrected chi connectivity index (χ4v) is 4.57. The average molecular weight is 570 g/mol. The fraction of sp³-hybridized carbons (Fsp3) is 0.200. The second-order valence-electron chi connectivity index (χ2n) is 1.59. The van der Waals surface area contributed by atoms with Crippen molar-refractivity contribution in [3.63, 3.8) is 0 Å². The van der Waals surface area contributed by atoms with Gasteiger partial charge in [0.15, 0.2) is 0 Å². The maximum atomic E-state index is 2.45. The van der Waals surface area contributed by atoms with Crippen molar-refractivity contribution in [2.75, 3.05) is 0 Å². The number of hydrogen-bond donors (Lipinski definition) is 0. The van der Waals surface area contributed by atoms with Gasteiger partial charge < -0.3 is 0 Å². The fourth-order valence-electron chi connectivity index (χ4n) is 0.505. The van der Waals surface area contributed by atoms with Gasteiger partial charge in [-0.2, -0.15) is 0 Å². The van der Waals surface area contributed by atoms with Crippen LogP contribution >= 0.6 is 90.4 Å². The molecule has 0 spiro atoms. The maximum absolute atomic E-state index is 2.45. The smallest absolute Gasteiger partial charge is 0.0711 e. The Hall–Kier alpha value is 2.40. The molecular formula is C5H2I4. The Labute approximate surface area is 109 Å². The summed E-state index contributed by atoms with van der Waals surface area (Å²) >= 11 is 9.63. The number of allylic oxidation sites excluding steroid dienone is 4. The molecule has 0 radical (unpaired) electrons. The van der Waals surface area contributed by atoms with Crippen LogP contribution in [0.25, 0.3) is 0 Å². The minimum Gasteiger partial charge on any atom is -0.0711 e. The van der Waals surface area contributed by atoms with Gasteiger partial charge in [0.2, 0.25) is 0 Å². The Kier molecular flexibility index (Phi) is 4.08. The van der Waals surface area contributed by atoms with Crippen LogP contribution in [0.15, 0.2) is 16.8 Å². The van der Waals surface area contributed by atoms with Gasteiger partial charge >= 0.3 is 0 Å². The van der Waals surface area contributed by atoms with Gasteiger partial charge in [0.05, 0.1) is 3.92 Å². The van der Waals surface area contributed by atoms with E-state index < -0.39 is 0 Å². The first-order chi connectivity index (χ1) is 4.13. The Balaban J connectivity index is 2.92. The Morgan fingerprint density at radius 1 is 1.22 bits per heavy atom. The lowest BCUT2D eigenvalue weighted by Gasteiger charge is -1.99. The monoisotopic (exact) mass is 570 g/mol. The summed E-state index contributed by atoms with van der Waals surface area (Å²) in [4.78, 5) is 0. The van der Waals surface area contributed by atoms with E-state index in [0.29, 0.717) is 3.92 Å². The van der Waals surface area contributed by atoms with E-state index in [4.69, 9.17) is 0 Å². The van der Waals surface area contributed by atoms with Crippen LogP contribution in [0.3, 0.4) is 0 Å². The third-order valence-electron chi connectivity index (χ3n) is 0.957. The predicted molar refractivity (Wildman–Crippen MR) is 75.0 cm³/mol. The van der Waals surface area contributed by atoms with Crippen LogP contribution in [0.4, 0.5) is 0 Å². The van der Waals surface area contributed by atoms with Crippen LogP contribution in [-0.2, 0) is 0 Å². The minimum atomic E-state index is 0.635. The van der Waals surface area contributed by atoms with Gasteiger partial charge in [0.1, 0.15) is 0 Å². The van der Waals surface area contributed by atoms with Crippen LogP contribution in [0, 0.1) is 0 Å². The first-order valence-corrected chi connectivity index (χ1v) is 6.67. The molecule has 4 heteroatoms. The van der Waals surface area contributed by atoms with Crippen LogP contribution in [0.1, 0.15) is 0 Å². The van der Waals surface area contributed by atoms with Crippen molar-refractivity contribution in [3.05, 3.63) is 16.8 Å². The van der Waals surface area contributed by atoms with Crippen LogP contribution in [-0.4, -0.2) is 3.92 Å². The maximum Gasteiger partial charge on any atom is 0.0734 e. The normalized spacial score (nSPS) is 27.1. The Morgan fingerprint density at radius 3 is 1.89 bits per heavy atom. The third-order valence-corrected chi connectivity index (χ3v) is 8.70. The molecule has 0 N–H and O–H groups in total. The molecule has 50 valence electrons. The topological polar surface area (TPSA) is 0 Å². The number of rotatable bonds is 0. The van der Waals surface area contributed by atoms with Gasteiger partial charge in [0, 0.05) is 10.7 Å². The molecule has 0 amide bonds. The van der Waals surface area contributed by atoms with E-state index in [1.807, 2.05) is 0 Å². The molecule has 9 heavy (non-hydrogen) atoms. The highest BCUT2D eigenvalue weighted by Crippen LogP contribution is 2.41. The summed E-state index contributed by atoms with van der Waals surface area (Å²) in [6, 6.07) is 0. The highest BCUT2D eigenvalue weighted by molar-refractivity contribution is 14.1. The van der Waals surface area contributed by atoms with E-state index in [-0.39, 0.29) is 0 Å². The average Bonchev–Trinajstić information content (AvgIpc) is 1.98. The SMILES string of the molecule is IC1=CC(I)=C(I)C1I. The van der Waals surface area contributed by atoms with Gasteiger partial charge in [-0.15, -0.1) is 0 Å². The second-order valence-corrected chi connectivity index (χ2v) is 6.40. The number of hydrogen-bond acceptors (Lipinski definition) is 0. The summed E-state index contributed by atoms with van der Waals surface area (Å²) < 4.78 is 4.95.